The first-order chi connectivity index (χ1) is 8.15. The van der Waals surface area contributed by atoms with Crippen LogP contribution >= 0.6 is 35.6 Å². The first-order valence-electron chi connectivity index (χ1n) is 5.65. The van der Waals surface area contributed by atoms with E-state index < -0.39 is 0 Å². The highest BCUT2D eigenvalue weighted by Gasteiger charge is 2.24. The number of rotatable bonds is 3. The van der Waals surface area contributed by atoms with Crippen LogP contribution in [-0.4, -0.2) is 11.4 Å². The quantitative estimate of drug-likeness (QED) is 0.574. The van der Waals surface area contributed by atoms with Crippen LogP contribution in [0, 0.1) is 0 Å². The Morgan fingerprint density at radius 3 is 2.88 bits per heavy atom. The van der Waals surface area contributed by atoms with Gasteiger partial charge >= 0.3 is 0 Å². The van der Waals surface area contributed by atoms with E-state index >= 15 is 0 Å². The van der Waals surface area contributed by atoms with Gasteiger partial charge in [-0.05, 0) is 37.6 Å². The zero-order valence-electron chi connectivity index (χ0n) is 9.87. The number of thiocarbonyl (C=S) groups is 1. The van der Waals surface area contributed by atoms with Crippen molar-refractivity contribution in [2.45, 2.75) is 25.2 Å². The van der Waals surface area contributed by atoms with E-state index in [0.29, 0.717) is 0 Å². The number of thioether (sulfide) groups is 1. The van der Waals surface area contributed by atoms with Crippen molar-refractivity contribution in [2.24, 2.45) is 0 Å². The molecule has 0 fully saturated rings. The third kappa shape index (κ3) is 2.67. The molecular weight excluding hydrogens is 270 g/mol. The molecule has 0 aromatic heterocycles. The molecule has 0 saturated heterocycles. The molecule has 1 heterocycles. The molecule has 1 aromatic carbocycles. The third-order valence-electron chi connectivity index (χ3n) is 2.64. The molecule has 90 valence electrons. The molecule has 1 aromatic rings. The summed E-state index contributed by atoms with van der Waals surface area (Å²) in [5, 5.41) is 1.98. The standard InChI is InChI=1S/C13H14ClNS2/c1-3-10(16)8-13-15(4-2)11-7-9(14)5-6-12(11)17-13/h5-8H,3-4H2,1-2H3/b13-8+. The number of fused-ring (bicyclic) bond motifs is 1. The number of hydrogen-bond acceptors (Lipinski definition) is 3. The van der Waals surface area contributed by atoms with E-state index in [1.165, 1.54) is 15.6 Å². The minimum absolute atomic E-state index is 0.780. The molecule has 0 N–H and O–H groups in total. The number of allylic oxidation sites excluding steroid dienone is 1. The Hall–Kier alpha value is -0.510. The smallest absolute Gasteiger partial charge is 0.0812 e. The van der Waals surface area contributed by atoms with Crippen molar-refractivity contribution in [3.05, 3.63) is 34.3 Å². The topological polar surface area (TPSA) is 3.24 Å². The van der Waals surface area contributed by atoms with E-state index in [9.17, 15) is 0 Å². The average molecular weight is 284 g/mol. The Morgan fingerprint density at radius 1 is 1.47 bits per heavy atom. The zero-order valence-corrected chi connectivity index (χ0v) is 12.3. The lowest BCUT2D eigenvalue weighted by atomic mass is 10.3. The summed E-state index contributed by atoms with van der Waals surface area (Å²) in [6.45, 7) is 5.15. The summed E-state index contributed by atoms with van der Waals surface area (Å²) in [6, 6.07) is 6.02. The molecule has 1 aliphatic heterocycles. The minimum atomic E-state index is 0.780. The van der Waals surface area contributed by atoms with E-state index in [2.05, 4.69) is 30.9 Å². The molecule has 4 heteroatoms. The maximum absolute atomic E-state index is 6.05. The van der Waals surface area contributed by atoms with E-state index in [4.69, 9.17) is 23.8 Å². The van der Waals surface area contributed by atoms with Gasteiger partial charge in [-0.15, -0.1) is 0 Å². The first-order valence-corrected chi connectivity index (χ1v) is 7.25. The largest absolute Gasteiger partial charge is 0.335 e. The molecule has 0 aliphatic carbocycles. The van der Waals surface area contributed by atoms with Crippen molar-refractivity contribution in [3.8, 4) is 0 Å². The second kappa shape index (κ2) is 5.42. The SMILES string of the molecule is CCC(=S)/C=C1/Sc2ccc(Cl)cc2N1CC. The Labute approximate surface area is 117 Å². The van der Waals surface area contributed by atoms with Crippen molar-refractivity contribution >= 4 is 46.1 Å². The Kier molecular flexibility index (Phi) is 4.13. The predicted octanol–water partition coefficient (Wildman–Crippen LogP) is 4.89. The van der Waals surface area contributed by atoms with Gasteiger partial charge in [0.15, 0.2) is 0 Å². The van der Waals surface area contributed by atoms with Crippen LogP contribution in [0.4, 0.5) is 5.69 Å². The van der Waals surface area contributed by atoms with Gasteiger partial charge in [-0.25, -0.2) is 0 Å². The summed E-state index contributed by atoms with van der Waals surface area (Å²) >= 11 is 13.1. The summed E-state index contributed by atoms with van der Waals surface area (Å²) in [6.07, 6.45) is 3.01. The average Bonchev–Trinajstić information content (AvgIpc) is 2.65. The number of benzene rings is 1. The molecule has 1 nitrogen and oxygen atoms in total. The van der Waals surface area contributed by atoms with Crippen molar-refractivity contribution in [1.82, 2.24) is 0 Å². The Morgan fingerprint density at radius 2 is 2.24 bits per heavy atom. The minimum Gasteiger partial charge on any atom is -0.335 e. The highest BCUT2D eigenvalue weighted by Crippen LogP contribution is 2.46. The normalized spacial score (nSPS) is 16.4. The molecule has 0 amide bonds. The van der Waals surface area contributed by atoms with Gasteiger partial charge in [-0.2, -0.15) is 0 Å². The van der Waals surface area contributed by atoms with Gasteiger partial charge < -0.3 is 4.90 Å². The van der Waals surface area contributed by atoms with Gasteiger partial charge in [0.05, 0.1) is 10.7 Å². The second-order valence-electron chi connectivity index (χ2n) is 3.76. The fourth-order valence-corrected chi connectivity index (χ4v) is 3.27. The maximum atomic E-state index is 6.05. The third-order valence-corrected chi connectivity index (χ3v) is 4.40. The molecule has 0 spiro atoms. The molecule has 0 bridgehead atoms. The fourth-order valence-electron chi connectivity index (χ4n) is 1.75. The van der Waals surface area contributed by atoms with Crippen LogP contribution in [0.2, 0.25) is 5.02 Å². The molecule has 0 saturated carbocycles. The van der Waals surface area contributed by atoms with Crippen LogP contribution in [0.3, 0.4) is 0 Å². The number of hydrogen-bond donors (Lipinski definition) is 0. The van der Waals surface area contributed by atoms with Crippen LogP contribution in [0.5, 0.6) is 0 Å². The van der Waals surface area contributed by atoms with E-state index in [0.717, 1.165) is 22.9 Å². The van der Waals surface area contributed by atoms with Crippen LogP contribution in [0.15, 0.2) is 34.2 Å². The van der Waals surface area contributed by atoms with E-state index in [1.54, 1.807) is 11.8 Å². The monoisotopic (exact) mass is 283 g/mol. The molecular formula is C13H14ClNS2. The van der Waals surface area contributed by atoms with Gasteiger partial charge in [-0.3, -0.25) is 0 Å². The van der Waals surface area contributed by atoms with Gasteiger partial charge in [0.2, 0.25) is 0 Å². The Balaban J connectivity index is 2.38. The summed E-state index contributed by atoms with van der Waals surface area (Å²) in [5.74, 6) is 0. The van der Waals surface area contributed by atoms with Crippen LogP contribution < -0.4 is 4.90 Å². The highest BCUT2D eigenvalue weighted by molar-refractivity contribution is 8.03. The van der Waals surface area contributed by atoms with Gasteiger partial charge in [0.1, 0.15) is 0 Å². The number of halogens is 1. The fraction of sp³-hybridized carbons (Fsp3) is 0.308. The molecule has 17 heavy (non-hydrogen) atoms. The maximum Gasteiger partial charge on any atom is 0.0812 e. The number of nitrogens with zero attached hydrogens (tertiary/aromatic N) is 1. The van der Waals surface area contributed by atoms with E-state index in [-0.39, 0.29) is 0 Å². The zero-order chi connectivity index (χ0) is 12.4. The lowest BCUT2D eigenvalue weighted by molar-refractivity contribution is 1.00. The highest BCUT2D eigenvalue weighted by atomic mass is 35.5. The first kappa shape index (κ1) is 12.9. The van der Waals surface area contributed by atoms with Gasteiger partial charge in [0, 0.05) is 21.3 Å². The summed E-state index contributed by atoms with van der Waals surface area (Å²) in [7, 11) is 0. The van der Waals surface area contributed by atoms with Crippen molar-refractivity contribution < 1.29 is 0 Å². The van der Waals surface area contributed by atoms with Crippen LogP contribution in [0.25, 0.3) is 0 Å². The lowest BCUT2D eigenvalue weighted by Crippen LogP contribution is -2.17. The molecule has 1 aliphatic rings. The molecule has 0 unspecified atom stereocenters. The number of anilines is 1. The van der Waals surface area contributed by atoms with Crippen LogP contribution in [-0.2, 0) is 0 Å². The molecule has 0 atom stereocenters. The Bertz CT molecular complexity index is 482. The predicted molar refractivity (Wildman–Crippen MR) is 81.3 cm³/mol. The lowest BCUT2D eigenvalue weighted by Gasteiger charge is -2.18. The summed E-state index contributed by atoms with van der Waals surface area (Å²) in [5.41, 5.74) is 1.19. The molecule has 0 radical (unpaired) electrons. The molecule has 2 rings (SSSR count). The van der Waals surface area contributed by atoms with Gasteiger partial charge in [0.25, 0.3) is 0 Å². The summed E-state index contributed by atoms with van der Waals surface area (Å²) in [4.78, 5) is 4.50. The van der Waals surface area contributed by atoms with Gasteiger partial charge in [-0.1, -0.05) is 42.5 Å². The van der Waals surface area contributed by atoms with Crippen LogP contribution in [0.1, 0.15) is 20.3 Å². The summed E-state index contributed by atoms with van der Waals surface area (Å²) < 4.78 is 0. The second-order valence-corrected chi connectivity index (χ2v) is 5.78. The van der Waals surface area contributed by atoms with Crippen molar-refractivity contribution in [1.29, 1.82) is 0 Å². The van der Waals surface area contributed by atoms with Crippen molar-refractivity contribution in [3.63, 3.8) is 0 Å². The van der Waals surface area contributed by atoms with Crippen molar-refractivity contribution in [2.75, 3.05) is 11.4 Å². The van der Waals surface area contributed by atoms with E-state index in [1.807, 2.05) is 12.1 Å².